The monoisotopic (exact) mass is 253 g/mol. The van der Waals surface area contributed by atoms with E-state index in [4.69, 9.17) is 4.74 Å². The molecule has 3 nitrogen and oxygen atoms in total. The molecule has 0 aliphatic rings. The fourth-order valence-electron chi connectivity index (χ4n) is 1.45. The lowest BCUT2D eigenvalue weighted by Crippen LogP contribution is -2.28. The summed E-state index contributed by atoms with van der Waals surface area (Å²) in [5.74, 6) is -0.278. The summed E-state index contributed by atoms with van der Waals surface area (Å²) in [4.78, 5) is 11.0. The Morgan fingerprint density at radius 1 is 1.65 bits per heavy atom. The van der Waals surface area contributed by atoms with Gasteiger partial charge in [-0.1, -0.05) is 6.08 Å². The van der Waals surface area contributed by atoms with Gasteiger partial charge in [-0.15, -0.1) is 0 Å². The van der Waals surface area contributed by atoms with Crippen LogP contribution in [-0.4, -0.2) is 25.2 Å². The van der Waals surface area contributed by atoms with E-state index in [2.05, 4.69) is 29.1 Å². The zero-order chi connectivity index (χ0) is 12.5. The van der Waals surface area contributed by atoms with Crippen LogP contribution in [0.3, 0.4) is 0 Å². The molecule has 0 saturated carbocycles. The van der Waals surface area contributed by atoms with E-state index in [1.165, 1.54) is 11.6 Å². The summed E-state index contributed by atoms with van der Waals surface area (Å²) in [7, 11) is 0. The van der Waals surface area contributed by atoms with Gasteiger partial charge in [-0.25, -0.2) is 4.79 Å². The SMILES string of the molecule is CCOC(=O)/C=C/CNC(C)Cc1ccsc1. The number of hydrogen-bond acceptors (Lipinski definition) is 4. The first-order valence-corrected chi connectivity index (χ1v) is 6.74. The second-order valence-electron chi connectivity index (χ2n) is 3.80. The summed E-state index contributed by atoms with van der Waals surface area (Å²) in [6.07, 6.45) is 4.27. The Hall–Kier alpha value is -1.13. The maximum atomic E-state index is 11.0. The molecule has 0 bridgehead atoms. The Morgan fingerprint density at radius 3 is 3.12 bits per heavy atom. The van der Waals surface area contributed by atoms with Crippen LogP contribution in [0.1, 0.15) is 19.4 Å². The van der Waals surface area contributed by atoms with Gasteiger partial charge in [0.1, 0.15) is 0 Å². The minimum Gasteiger partial charge on any atom is -0.463 e. The smallest absolute Gasteiger partial charge is 0.330 e. The fourth-order valence-corrected chi connectivity index (χ4v) is 2.13. The zero-order valence-electron chi connectivity index (χ0n) is 10.3. The predicted octanol–water partition coefficient (Wildman–Crippen LogP) is 2.39. The van der Waals surface area contributed by atoms with E-state index in [1.807, 2.05) is 0 Å². The largest absolute Gasteiger partial charge is 0.463 e. The third-order valence-corrected chi connectivity index (χ3v) is 2.98. The number of esters is 1. The standard InChI is InChI=1S/C13H19NO2S/c1-3-16-13(15)5-4-7-14-11(2)9-12-6-8-17-10-12/h4-6,8,10-11,14H,3,7,9H2,1-2H3/b5-4+. The predicted molar refractivity (Wildman–Crippen MR) is 71.3 cm³/mol. The van der Waals surface area contributed by atoms with E-state index in [0.717, 1.165) is 6.42 Å². The number of ether oxygens (including phenoxy) is 1. The van der Waals surface area contributed by atoms with Crippen LogP contribution in [0, 0.1) is 0 Å². The van der Waals surface area contributed by atoms with Crippen LogP contribution < -0.4 is 5.32 Å². The highest BCUT2D eigenvalue weighted by Crippen LogP contribution is 2.08. The van der Waals surface area contributed by atoms with Gasteiger partial charge in [-0.05, 0) is 42.7 Å². The van der Waals surface area contributed by atoms with E-state index in [9.17, 15) is 4.79 Å². The van der Waals surface area contributed by atoms with Crippen molar-refractivity contribution >= 4 is 17.3 Å². The van der Waals surface area contributed by atoms with Crippen LogP contribution in [0.2, 0.25) is 0 Å². The molecule has 0 radical (unpaired) electrons. The van der Waals surface area contributed by atoms with E-state index < -0.39 is 0 Å². The summed E-state index contributed by atoms with van der Waals surface area (Å²) >= 11 is 1.72. The van der Waals surface area contributed by atoms with Gasteiger partial charge in [0.2, 0.25) is 0 Å². The molecular formula is C13H19NO2S. The summed E-state index contributed by atoms with van der Waals surface area (Å²) < 4.78 is 4.78. The van der Waals surface area contributed by atoms with Gasteiger partial charge in [-0.2, -0.15) is 11.3 Å². The highest BCUT2D eigenvalue weighted by atomic mass is 32.1. The van der Waals surface area contributed by atoms with E-state index in [1.54, 1.807) is 24.3 Å². The highest BCUT2D eigenvalue weighted by molar-refractivity contribution is 7.07. The van der Waals surface area contributed by atoms with E-state index in [0.29, 0.717) is 19.2 Å². The average Bonchev–Trinajstić information content (AvgIpc) is 2.77. The molecule has 1 heterocycles. The first-order chi connectivity index (χ1) is 8.22. The Bertz CT molecular complexity index is 346. The molecule has 1 unspecified atom stereocenters. The molecular weight excluding hydrogens is 234 g/mol. The lowest BCUT2D eigenvalue weighted by molar-refractivity contribution is -0.137. The Morgan fingerprint density at radius 2 is 2.47 bits per heavy atom. The van der Waals surface area contributed by atoms with Crippen molar-refractivity contribution in [1.82, 2.24) is 5.32 Å². The number of rotatable bonds is 7. The van der Waals surface area contributed by atoms with Gasteiger partial charge >= 0.3 is 5.97 Å². The van der Waals surface area contributed by atoms with Crippen LogP contribution in [0.4, 0.5) is 0 Å². The second-order valence-corrected chi connectivity index (χ2v) is 4.58. The first kappa shape index (κ1) is 13.9. The van der Waals surface area contributed by atoms with E-state index in [-0.39, 0.29) is 5.97 Å². The topological polar surface area (TPSA) is 38.3 Å². The van der Waals surface area contributed by atoms with Crippen LogP contribution in [0.15, 0.2) is 29.0 Å². The second kappa shape index (κ2) is 8.03. The van der Waals surface area contributed by atoms with Crippen LogP contribution >= 0.6 is 11.3 Å². The van der Waals surface area contributed by atoms with Gasteiger partial charge in [0.05, 0.1) is 6.61 Å². The van der Waals surface area contributed by atoms with Crippen LogP contribution in [0.5, 0.6) is 0 Å². The molecule has 0 aliphatic carbocycles. The van der Waals surface area contributed by atoms with Crippen LogP contribution in [0.25, 0.3) is 0 Å². The molecule has 0 aromatic carbocycles. The molecule has 0 amide bonds. The van der Waals surface area contributed by atoms with Crippen molar-refractivity contribution in [3.05, 3.63) is 34.5 Å². The van der Waals surface area contributed by atoms with Gasteiger partial charge in [0.25, 0.3) is 0 Å². The molecule has 94 valence electrons. The summed E-state index contributed by atoms with van der Waals surface area (Å²) in [5, 5.41) is 7.57. The van der Waals surface area contributed by atoms with Crippen molar-refractivity contribution in [3.63, 3.8) is 0 Å². The van der Waals surface area contributed by atoms with Gasteiger partial charge in [-0.3, -0.25) is 0 Å². The summed E-state index contributed by atoms with van der Waals surface area (Å²) in [5.41, 5.74) is 1.35. The molecule has 0 aliphatic heterocycles. The molecule has 0 fully saturated rings. The lowest BCUT2D eigenvalue weighted by Gasteiger charge is -2.10. The van der Waals surface area contributed by atoms with E-state index >= 15 is 0 Å². The van der Waals surface area contributed by atoms with Gasteiger partial charge in [0.15, 0.2) is 0 Å². The third kappa shape index (κ3) is 6.24. The quantitative estimate of drug-likeness (QED) is 0.599. The zero-order valence-corrected chi connectivity index (χ0v) is 11.1. The number of hydrogen-bond donors (Lipinski definition) is 1. The first-order valence-electron chi connectivity index (χ1n) is 5.80. The number of nitrogens with one attached hydrogen (secondary N) is 1. The molecule has 0 saturated heterocycles. The van der Waals surface area contributed by atoms with Crippen molar-refractivity contribution in [2.24, 2.45) is 0 Å². The van der Waals surface area contributed by atoms with Gasteiger partial charge in [0, 0.05) is 18.7 Å². The number of carbonyl (C=O) groups is 1. The van der Waals surface area contributed by atoms with Crippen molar-refractivity contribution in [3.8, 4) is 0 Å². The minimum absolute atomic E-state index is 0.278. The Kier molecular flexibility index (Phi) is 6.58. The summed E-state index contributed by atoms with van der Waals surface area (Å²) in [6, 6.07) is 2.54. The molecule has 0 spiro atoms. The molecule has 1 rings (SSSR count). The number of carbonyl (C=O) groups excluding carboxylic acids is 1. The van der Waals surface area contributed by atoms with Crippen molar-refractivity contribution < 1.29 is 9.53 Å². The molecule has 4 heteroatoms. The maximum absolute atomic E-state index is 11.0. The Balaban J connectivity index is 2.15. The normalized spacial score (nSPS) is 12.8. The maximum Gasteiger partial charge on any atom is 0.330 e. The average molecular weight is 253 g/mol. The third-order valence-electron chi connectivity index (χ3n) is 2.25. The molecule has 17 heavy (non-hydrogen) atoms. The van der Waals surface area contributed by atoms with Crippen molar-refractivity contribution in [1.29, 1.82) is 0 Å². The molecule has 1 aromatic rings. The van der Waals surface area contributed by atoms with Gasteiger partial charge < -0.3 is 10.1 Å². The fraction of sp³-hybridized carbons (Fsp3) is 0.462. The molecule has 1 N–H and O–H groups in total. The van der Waals surface area contributed by atoms with Crippen LogP contribution in [-0.2, 0) is 16.0 Å². The minimum atomic E-state index is -0.278. The molecule has 1 atom stereocenters. The number of thiophene rings is 1. The van der Waals surface area contributed by atoms with Crippen molar-refractivity contribution in [2.45, 2.75) is 26.3 Å². The Labute approximate surface area is 106 Å². The summed E-state index contributed by atoms with van der Waals surface area (Å²) in [6.45, 7) is 5.04. The van der Waals surface area contributed by atoms with Crippen molar-refractivity contribution in [2.75, 3.05) is 13.2 Å². The lowest BCUT2D eigenvalue weighted by atomic mass is 10.1. The highest BCUT2D eigenvalue weighted by Gasteiger charge is 2.01. The molecule has 1 aromatic heterocycles.